The summed E-state index contributed by atoms with van der Waals surface area (Å²) in [5.74, 6) is -1.06. The minimum Gasteiger partial charge on any atom is -0.480 e. The van der Waals surface area contributed by atoms with E-state index >= 15 is 0 Å². The first-order chi connectivity index (χ1) is 10.5. The molecule has 0 aliphatic heterocycles. The number of nitrogens with zero attached hydrogens (tertiary/aromatic N) is 1. The summed E-state index contributed by atoms with van der Waals surface area (Å²) in [5.41, 5.74) is 1.86. The monoisotopic (exact) mass is 321 g/mol. The number of carboxylic acid groups (broad SMARTS) is 1. The van der Waals surface area contributed by atoms with Gasteiger partial charge in [-0.3, -0.25) is 4.99 Å². The van der Waals surface area contributed by atoms with Crippen LogP contribution in [0.5, 0.6) is 5.75 Å². The highest BCUT2D eigenvalue weighted by molar-refractivity contribution is 6.32. The largest absolute Gasteiger partial charge is 0.480 e. The van der Waals surface area contributed by atoms with E-state index < -0.39 is 12.6 Å². The zero-order valence-electron chi connectivity index (χ0n) is 11.7. The number of rotatable bonds is 5. The molecule has 6 heteroatoms. The fraction of sp³-hybridized carbons (Fsp3) is 0.125. The third-order valence-corrected chi connectivity index (χ3v) is 3.11. The zero-order valence-corrected chi connectivity index (χ0v) is 12.5. The average molecular weight is 322 g/mol. The molecule has 0 spiro atoms. The Morgan fingerprint density at radius 1 is 1.36 bits per heavy atom. The lowest BCUT2D eigenvalue weighted by atomic mass is 10.2. The number of aliphatic carboxylic acids is 1. The van der Waals surface area contributed by atoms with Gasteiger partial charge in [-0.15, -0.1) is 0 Å². The van der Waals surface area contributed by atoms with Crippen molar-refractivity contribution in [2.24, 2.45) is 4.99 Å². The molecule has 0 aromatic heterocycles. The van der Waals surface area contributed by atoms with Crippen LogP contribution in [-0.4, -0.2) is 23.9 Å². The maximum atomic E-state index is 13.2. The van der Waals surface area contributed by atoms with Crippen LogP contribution in [0, 0.1) is 12.7 Å². The summed E-state index contributed by atoms with van der Waals surface area (Å²) in [6.07, 6.45) is 1.58. The molecule has 4 nitrogen and oxygen atoms in total. The van der Waals surface area contributed by atoms with Crippen LogP contribution < -0.4 is 4.74 Å². The van der Waals surface area contributed by atoms with Crippen molar-refractivity contribution >= 4 is 29.5 Å². The summed E-state index contributed by atoms with van der Waals surface area (Å²) in [6.45, 7) is 1.21. The van der Waals surface area contributed by atoms with Gasteiger partial charge in [0, 0.05) is 6.21 Å². The topological polar surface area (TPSA) is 58.9 Å². The molecule has 1 N–H and O–H groups in total. The molecule has 2 rings (SSSR count). The number of halogens is 2. The van der Waals surface area contributed by atoms with E-state index in [1.165, 1.54) is 6.07 Å². The van der Waals surface area contributed by atoms with Crippen LogP contribution in [0.1, 0.15) is 11.1 Å². The van der Waals surface area contributed by atoms with E-state index in [0.29, 0.717) is 22.0 Å². The Morgan fingerprint density at radius 2 is 2.14 bits per heavy atom. The van der Waals surface area contributed by atoms with E-state index in [4.69, 9.17) is 21.4 Å². The molecule has 0 aliphatic carbocycles. The predicted molar refractivity (Wildman–Crippen MR) is 83.0 cm³/mol. The third-order valence-electron chi connectivity index (χ3n) is 2.81. The number of hydrogen-bond acceptors (Lipinski definition) is 3. The van der Waals surface area contributed by atoms with Gasteiger partial charge in [0.05, 0.1) is 10.7 Å². The van der Waals surface area contributed by atoms with Crippen molar-refractivity contribution in [3.63, 3.8) is 0 Å². The highest BCUT2D eigenvalue weighted by atomic mass is 35.5. The molecule has 0 unspecified atom stereocenters. The summed E-state index contributed by atoms with van der Waals surface area (Å²) < 4.78 is 18.2. The maximum Gasteiger partial charge on any atom is 0.341 e. The first-order valence-electron chi connectivity index (χ1n) is 6.40. The minimum absolute atomic E-state index is 0.276. The Bertz CT molecular complexity index is 731. The van der Waals surface area contributed by atoms with E-state index in [0.717, 1.165) is 5.56 Å². The normalized spacial score (nSPS) is 10.9. The van der Waals surface area contributed by atoms with Crippen molar-refractivity contribution in [3.05, 3.63) is 58.4 Å². The van der Waals surface area contributed by atoms with Crippen LogP contribution in [-0.2, 0) is 4.79 Å². The molecule has 0 saturated heterocycles. The Morgan fingerprint density at radius 3 is 2.77 bits per heavy atom. The molecular weight excluding hydrogens is 309 g/mol. The van der Waals surface area contributed by atoms with E-state index in [1.807, 2.05) is 0 Å². The fourth-order valence-electron chi connectivity index (χ4n) is 1.71. The SMILES string of the molecule is Cc1cc(N=Cc2ccc(OCC(=O)O)c(Cl)c2)ccc1F. The van der Waals surface area contributed by atoms with Crippen LogP contribution in [0.2, 0.25) is 5.02 Å². The highest BCUT2D eigenvalue weighted by Gasteiger charge is 2.05. The summed E-state index contributed by atoms with van der Waals surface area (Å²) in [5, 5.41) is 8.85. The van der Waals surface area contributed by atoms with Crippen LogP contribution in [0.15, 0.2) is 41.4 Å². The van der Waals surface area contributed by atoms with Crippen molar-refractivity contribution in [1.82, 2.24) is 0 Å². The van der Waals surface area contributed by atoms with Gasteiger partial charge >= 0.3 is 5.97 Å². The molecule has 2 aromatic rings. The summed E-state index contributed by atoms with van der Waals surface area (Å²) >= 11 is 6.01. The molecule has 0 aliphatic rings. The lowest BCUT2D eigenvalue weighted by Gasteiger charge is -2.05. The van der Waals surface area contributed by atoms with Crippen molar-refractivity contribution < 1.29 is 19.0 Å². The zero-order chi connectivity index (χ0) is 16.1. The number of ether oxygens (including phenoxy) is 1. The lowest BCUT2D eigenvalue weighted by Crippen LogP contribution is -2.09. The van der Waals surface area contributed by atoms with Crippen molar-refractivity contribution in [2.45, 2.75) is 6.92 Å². The number of aliphatic imine (C=N–C) groups is 1. The van der Waals surface area contributed by atoms with E-state index in [1.54, 1.807) is 43.5 Å². The number of carbonyl (C=O) groups is 1. The van der Waals surface area contributed by atoms with Gasteiger partial charge in [0.25, 0.3) is 0 Å². The number of hydrogen-bond donors (Lipinski definition) is 1. The first kappa shape index (κ1) is 16.0. The van der Waals surface area contributed by atoms with Gasteiger partial charge in [0.15, 0.2) is 6.61 Å². The minimum atomic E-state index is -1.08. The number of aryl methyl sites for hydroxylation is 1. The van der Waals surface area contributed by atoms with Gasteiger partial charge in [-0.2, -0.15) is 0 Å². The van der Waals surface area contributed by atoms with Crippen LogP contribution in [0.4, 0.5) is 10.1 Å². The molecule has 0 heterocycles. The summed E-state index contributed by atoms with van der Waals surface area (Å²) in [4.78, 5) is 14.7. The van der Waals surface area contributed by atoms with Gasteiger partial charge in [-0.1, -0.05) is 11.6 Å². The predicted octanol–water partition coefficient (Wildman–Crippen LogP) is 4.00. The second-order valence-electron chi connectivity index (χ2n) is 4.56. The Hall–Kier alpha value is -2.40. The van der Waals surface area contributed by atoms with Crippen molar-refractivity contribution in [3.8, 4) is 5.75 Å². The molecular formula is C16H13ClFNO3. The molecule has 0 atom stereocenters. The highest BCUT2D eigenvalue weighted by Crippen LogP contribution is 2.25. The maximum absolute atomic E-state index is 13.2. The fourth-order valence-corrected chi connectivity index (χ4v) is 1.96. The molecule has 2 aromatic carbocycles. The number of carboxylic acids is 1. The second kappa shape index (κ2) is 7.04. The second-order valence-corrected chi connectivity index (χ2v) is 4.97. The Balaban J connectivity index is 2.12. The van der Waals surface area contributed by atoms with Gasteiger partial charge < -0.3 is 9.84 Å². The Labute approximate surface area is 131 Å². The molecule has 0 fully saturated rings. The summed E-state index contributed by atoms with van der Waals surface area (Å²) in [7, 11) is 0. The molecule has 0 amide bonds. The van der Waals surface area contributed by atoms with Crippen LogP contribution in [0.25, 0.3) is 0 Å². The molecule has 0 bridgehead atoms. The first-order valence-corrected chi connectivity index (χ1v) is 6.78. The van der Waals surface area contributed by atoms with Crippen LogP contribution >= 0.6 is 11.6 Å². The summed E-state index contributed by atoms with van der Waals surface area (Å²) in [6, 6.07) is 9.45. The standard InChI is InChI=1S/C16H13ClFNO3/c1-10-6-12(3-4-14(10)18)19-8-11-2-5-15(13(17)7-11)22-9-16(20)21/h2-8H,9H2,1H3,(H,20,21). The van der Waals surface area contributed by atoms with Gasteiger partial charge in [-0.05, 0) is 54.4 Å². The Kier molecular flexibility index (Phi) is 5.12. The number of benzene rings is 2. The van der Waals surface area contributed by atoms with E-state index in [2.05, 4.69) is 4.99 Å². The molecule has 22 heavy (non-hydrogen) atoms. The van der Waals surface area contributed by atoms with Gasteiger partial charge in [0.1, 0.15) is 11.6 Å². The molecule has 0 radical (unpaired) electrons. The van der Waals surface area contributed by atoms with Gasteiger partial charge in [0.2, 0.25) is 0 Å². The lowest BCUT2D eigenvalue weighted by molar-refractivity contribution is -0.139. The average Bonchev–Trinajstić information content (AvgIpc) is 2.47. The van der Waals surface area contributed by atoms with E-state index in [-0.39, 0.29) is 5.82 Å². The third kappa shape index (κ3) is 4.30. The molecule has 0 saturated carbocycles. The quantitative estimate of drug-likeness (QED) is 0.847. The van der Waals surface area contributed by atoms with Crippen molar-refractivity contribution in [1.29, 1.82) is 0 Å². The van der Waals surface area contributed by atoms with Crippen LogP contribution in [0.3, 0.4) is 0 Å². The molecule has 114 valence electrons. The smallest absolute Gasteiger partial charge is 0.341 e. The van der Waals surface area contributed by atoms with Gasteiger partial charge in [-0.25, -0.2) is 9.18 Å². The van der Waals surface area contributed by atoms with Crippen molar-refractivity contribution in [2.75, 3.05) is 6.61 Å². The van der Waals surface area contributed by atoms with E-state index in [9.17, 15) is 9.18 Å².